The first-order chi connectivity index (χ1) is 29.7. The summed E-state index contributed by atoms with van der Waals surface area (Å²) in [4.78, 5) is 0. The Morgan fingerprint density at radius 2 is 0.733 bits per heavy atom. The Hall–Kier alpha value is -3.60. The van der Waals surface area contributed by atoms with Crippen LogP contribution in [-0.4, -0.2) is 13.2 Å². The average molecular weight is 815 g/mol. The molecule has 0 amide bonds. The Bertz CT molecular complexity index is 1530. The van der Waals surface area contributed by atoms with Crippen molar-refractivity contribution in [2.45, 2.75) is 168 Å². The molecular weight excluding hydrogens is 737 g/mol. The highest BCUT2D eigenvalue weighted by Crippen LogP contribution is 2.38. The van der Waals surface area contributed by atoms with Gasteiger partial charge in [-0.25, -0.2) is 0 Å². The van der Waals surface area contributed by atoms with Gasteiger partial charge in [-0.1, -0.05) is 202 Å². The third-order valence-electron chi connectivity index (χ3n) is 13.7. The predicted octanol–water partition coefficient (Wildman–Crippen LogP) is 16.0. The van der Waals surface area contributed by atoms with Gasteiger partial charge < -0.3 is 18.9 Å². The highest BCUT2D eigenvalue weighted by Gasteiger charge is 2.27. The SMILES string of the molecule is CCCCCC1CCC(CCCOc2ccc(COC(c3ccccc3)C(OCc3ccc(OCCCC4CCC(CCCCC)CC4)cc3)c3ccccc3)cc2)CC1. The molecule has 0 aliphatic heterocycles. The molecule has 4 aromatic carbocycles. The van der Waals surface area contributed by atoms with Crippen LogP contribution < -0.4 is 9.47 Å². The van der Waals surface area contributed by atoms with Gasteiger partial charge in [0.15, 0.2) is 0 Å². The Kier molecular flexibility index (Phi) is 20.4. The van der Waals surface area contributed by atoms with E-state index in [0.29, 0.717) is 13.2 Å². The molecule has 2 atom stereocenters. The molecule has 4 nitrogen and oxygen atoms in total. The van der Waals surface area contributed by atoms with Crippen molar-refractivity contribution in [3.63, 3.8) is 0 Å². The van der Waals surface area contributed by atoms with Crippen LogP contribution in [0.3, 0.4) is 0 Å². The fourth-order valence-electron chi connectivity index (χ4n) is 9.85. The van der Waals surface area contributed by atoms with Gasteiger partial charge in [-0.2, -0.15) is 0 Å². The molecule has 2 aliphatic rings. The van der Waals surface area contributed by atoms with Gasteiger partial charge in [0.1, 0.15) is 23.7 Å². The van der Waals surface area contributed by atoms with Crippen molar-refractivity contribution >= 4 is 0 Å². The molecule has 0 heterocycles. The summed E-state index contributed by atoms with van der Waals surface area (Å²) in [5.74, 6) is 5.60. The Morgan fingerprint density at radius 3 is 1.07 bits per heavy atom. The zero-order valence-corrected chi connectivity index (χ0v) is 37.5. The topological polar surface area (TPSA) is 36.9 Å². The molecule has 2 saturated carbocycles. The zero-order chi connectivity index (χ0) is 41.5. The molecule has 326 valence electrons. The molecule has 60 heavy (non-hydrogen) atoms. The summed E-state index contributed by atoms with van der Waals surface area (Å²) in [6.45, 7) is 7.13. The van der Waals surface area contributed by atoms with Gasteiger partial charge in [0.2, 0.25) is 0 Å². The number of unbranched alkanes of at least 4 members (excludes halogenated alkanes) is 4. The van der Waals surface area contributed by atoms with Crippen molar-refractivity contribution in [3.05, 3.63) is 131 Å². The largest absolute Gasteiger partial charge is 0.494 e. The third kappa shape index (κ3) is 16.0. The lowest BCUT2D eigenvalue weighted by Crippen LogP contribution is -2.18. The van der Waals surface area contributed by atoms with E-state index in [9.17, 15) is 0 Å². The number of hydrogen-bond donors (Lipinski definition) is 0. The van der Waals surface area contributed by atoms with E-state index in [4.69, 9.17) is 18.9 Å². The minimum absolute atomic E-state index is 0.297. The summed E-state index contributed by atoms with van der Waals surface area (Å²) >= 11 is 0. The van der Waals surface area contributed by atoms with Crippen molar-refractivity contribution in [1.82, 2.24) is 0 Å². The summed E-state index contributed by atoms with van der Waals surface area (Å²) in [6.07, 6.45) is 26.8. The number of rotatable bonds is 27. The second-order valence-electron chi connectivity index (χ2n) is 18.3. The second kappa shape index (κ2) is 26.7. The van der Waals surface area contributed by atoms with Crippen molar-refractivity contribution in [2.75, 3.05) is 13.2 Å². The standard InChI is InChI=1S/C56H78O4/c1-3-5-9-17-45-25-29-47(30-26-45)19-15-41-57-53-37-33-49(34-38-53)43-59-55(51-21-11-7-12-22-51)56(52-23-13-8-14-24-52)60-44-50-35-39-54(40-36-50)58-42-16-20-48-31-27-46(28-32-48)18-10-6-4-2/h7-8,11-14,21-24,33-40,45-48,55-56H,3-6,9-10,15-20,25-32,41-44H2,1-2H3. The van der Waals surface area contributed by atoms with Crippen LogP contribution in [0.4, 0.5) is 0 Å². The molecule has 0 bridgehead atoms. The molecule has 2 unspecified atom stereocenters. The van der Waals surface area contributed by atoms with Crippen molar-refractivity contribution in [3.8, 4) is 11.5 Å². The monoisotopic (exact) mass is 815 g/mol. The van der Waals surface area contributed by atoms with E-state index < -0.39 is 0 Å². The van der Waals surface area contributed by atoms with Gasteiger partial charge in [-0.15, -0.1) is 0 Å². The highest BCUT2D eigenvalue weighted by atomic mass is 16.5. The minimum Gasteiger partial charge on any atom is -0.494 e. The molecule has 4 aromatic rings. The van der Waals surface area contributed by atoms with Crippen LogP contribution in [0.25, 0.3) is 0 Å². The van der Waals surface area contributed by atoms with Crippen LogP contribution >= 0.6 is 0 Å². The number of benzene rings is 4. The summed E-state index contributed by atoms with van der Waals surface area (Å²) in [7, 11) is 0. The summed E-state index contributed by atoms with van der Waals surface area (Å²) < 4.78 is 26.0. The minimum atomic E-state index is -0.297. The average Bonchev–Trinajstić information content (AvgIpc) is 3.30. The van der Waals surface area contributed by atoms with Crippen LogP contribution in [0.2, 0.25) is 0 Å². The van der Waals surface area contributed by atoms with Gasteiger partial charge in [-0.05, 0) is 95.9 Å². The molecule has 0 N–H and O–H groups in total. The van der Waals surface area contributed by atoms with Gasteiger partial charge in [0, 0.05) is 0 Å². The maximum atomic E-state index is 6.82. The molecular formula is C56H78O4. The lowest BCUT2D eigenvalue weighted by atomic mass is 9.78. The summed E-state index contributed by atoms with van der Waals surface area (Å²) in [5.41, 5.74) is 4.43. The van der Waals surface area contributed by atoms with E-state index in [1.807, 2.05) is 0 Å². The van der Waals surface area contributed by atoms with Gasteiger partial charge in [-0.3, -0.25) is 0 Å². The Morgan fingerprint density at radius 1 is 0.400 bits per heavy atom. The van der Waals surface area contributed by atoms with E-state index in [2.05, 4.69) is 123 Å². The Labute approximate surface area is 365 Å². The van der Waals surface area contributed by atoms with Crippen molar-refractivity contribution < 1.29 is 18.9 Å². The molecule has 4 heteroatoms. The van der Waals surface area contributed by atoms with Crippen molar-refractivity contribution in [1.29, 1.82) is 0 Å². The molecule has 2 fully saturated rings. The Balaban J connectivity index is 0.955. The first kappa shape index (κ1) is 45.9. The summed E-state index contributed by atoms with van der Waals surface area (Å²) in [5, 5.41) is 0. The van der Waals surface area contributed by atoms with Crippen LogP contribution in [0, 0.1) is 23.7 Å². The predicted molar refractivity (Wildman–Crippen MR) is 249 cm³/mol. The zero-order valence-electron chi connectivity index (χ0n) is 37.5. The van der Waals surface area contributed by atoms with E-state index >= 15 is 0 Å². The lowest BCUT2D eigenvalue weighted by Gasteiger charge is -2.29. The van der Waals surface area contributed by atoms with Crippen molar-refractivity contribution in [2.24, 2.45) is 23.7 Å². The molecule has 0 aromatic heterocycles. The van der Waals surface area contributed by atoms with Crippen LogP contribution in [0.5, 0.6) is 11.5 Å². The molecule has 2 aliphatic carbocycles. The number of hydrogen-bond acceptors (Lipinski definition) is 4. The van der Waals surface area contributed by atoms with E-state index in [1.165, 1.54) is 116 Å². The maximum Gasteiger partial charge on any atom is 0.119 e. The van der Waals surface area contributed by atoms with E-state index in [-0.39, 0.29) is 12.2 Å². The normalized spacial score (nSPS) is 20.4. The fourth-order valence-corrected chi connectivity index (χ4v) is 9.85. The lowest BCUT2D eigenvalue weighted by molar-refractivity contribution is -0.0908. The smallest absolute Gasteiger partial charge is 0.119 e. The third-order valence-corrected chi connectivity index (χ3v) is 13.7. The van der Waals surface area contributed by atoms with Gasteiger partial charge in [0.05, 0.1) is 26.4 Å². The second-order valence-corrected chi connectivity index (χ2v) is 18.3. The van der Waals surface area contributed by atoms with Crippen LogP contribution in [0.1, 0.15) is 177 Å². The first-order valence-corrected chi connectivity index (χ1v) is 24.4. The summed E-state index contributed by atoms with van der Waals surface area (Å²) in [6, 6.07) is 38.0. The van der Waals surface area contributed by atoms with E-state index in [1.54, 1.807) is 0 Å². The fraction of sp³-hybridized carbons (Fsp3) is 0.571. The maximum absolute atomic E-state index is 6.82. The quantitative estimate of drug-likeness (QED) is 0.0562. The van der Waals surface area contributed by atoms with Crippen LogP contribution in [-0.2, 0) is 22.7 Å². The molecule has 6 rings (SSSR count). The first-order valence-electron chi connectivity index (χ1n) is 24.4. The highest BCUT2D eigenvalue weighted by molar-refractivity contribution is 5.29. The number of ether oxygens (including phenoxy) is 4. The van der Waals surface area contributed by atoms with Gasteiger partial charge in [0.25, 0.3) is 0 Å². The molecule has 0 saturated heterocycles. The van der Waals surface area contributed by atoms with Crippen LogP contribution in [0.15, 0.2) is 109 Å². The molecule has 0 radical (unpaired) electrons. The molecule has 0 spiro atoms. The van der Waals surface area contributed by atoms with Gasteiger partial charge >= 0.3 is 0 Å². The van der Waals surface area contributed by atoms with E-state index in [0.717, 1.165) is 83.5 Å².